The SMILES string of the molecule is CC(C)c1ccc(OCC(=O)N/N=C\c2cc3ccccc3nc2Cl)cc1. The molecule has 5 nitrogen and oxygen atoms in total. The van der Waals surface area contributed by atoms with Gasteiger partial charge in [0.1, 0.15) is 10.9 Å². The number of halogens is 1. The molecule has 0 fully saturated rings. The second-order valence-electron chi connectivity index (χ2n) is 6.37. The highest BCUT2D eigenvalue weighted by atomic mass is 35.5. The lowest BCUT2D eigenvalue weighted by Gasteiger charge is -2.08. The predicted octanol–water partition coefficient (Wildman–Crippen LogP) is 4.54. The molecule has 0 spiro atoms. The van der Waals surface area contributed by atoms with Crippen LogP contribution in [-0.2, 0) is 4.79 Å². The van der Waals surface area contributed by atoms with E-state index in [4.69, 9.17) is 16.3 Å². The Labute approximate surface area is 163 Å². The highest BCUT2D eigenvalue weighted by molar-refractivity contribution is 6.32. The Morgan fingerprint density at radius 1 is 1.22 bits per heavy atom. The van der Waals surface area contributed by atoms with E-state index in [0.29, 0.717) is 22.4 Å². The lowest BCUT2D eigenvalue weighted by Crippen LogP contribution is -2.24. The Kier molecular flexibility index (Phi) is 6.04. The van der Waals surface area contributed by atoms with Crippen LogP contribution in [0.15, 0.2) is 59.7 Å². The first-order valence-electron chi connectivity index (χ1n) is 8.63. The van der Waals surface area contributed by atoms with Crippen molar-refractivity contribution in [1.29, 1.82) is 0 Å². The molecule has 1 heterocycles. The average Bonchev–Trinajstić information content (AvgIpc) is 2.67. The molecule has 1 aromatic heterocycles. The van der Waals surface area contributed by atoms with E-state index in [1.54, 1.807) is 0 Å². The standard InChI is InChI=1S/C21H20ClN3O2/c1-14(2)15-7-9-18(10-8-15)27-13-20(26)25-23-12-17-11-16-5-3-4-6-19(16)24-21(17)22/h3-12,14H,13H2,1-2H3,(H,25,26)/b23-12-. The molecule has 27 heavy (non-hydrogen) atoms. The third-order valence-electron chi connectivity index (χ3n) is 4.01. The van der Waals surface area contributed by atoms with Crippen LogP contribution in [0.1, 0.15) is 30.9 Å². The van der Waals surface area contributed by atoms with E-state index in [0.717, 1.165) is 10.9 Å². The highest BCUT2D eigenvalue weighted by Gasteiger charge is 2.05. The molecule has 0 aliphatic rings. The Morgan fingerprint density at radius 2 is 1.96 bits per heavy atom. The van der Waals surface area contributed by atoms with Crippen LogP contribution in [-0.4, -0.2) is 23.7 Å². The number of carbonyl (C=O) groups excluding carboxylic acids is 1. The lowest BCUT2D eigenvalue weighted by molar-refractivity contribution is -0.123. The molecule has 138 valence electrons. The molecule has 1 N–H and O–H groups in total. The summed E-state index contributed by atoms with van der Waals surface area (Å²) in [6, 6.07) is 17.2. The minimum atomic E-state index is -0.357. The molecular weight excluding hydrogens is 362 g/mol. The fraction of sp³-hybridized carbons (Fsp3) is 0.190. The molecule has 0 bridgehead atoms. The quantitative estimate of drug-likeness (QED) is 0.387. The number of fused-ring (bicyclic) bond motifs is 1. The van der Waals surface area contributed by atoms with E-state index in [1.165, 1.54) is 11.8 Å². The van der Waals surface area contributed by atoms with Crippen LogP contribution in [0.5, 0.6) is 5.75 Å². The van der Waals surface area contributed by atoms with Crippen molar-refractivity contribution in [3.05, 3.63) is 70.9 Å². The van der Waals surface area contributed by atoms with E-state index in [-0.39, 0.29) is 12.5 Å². The molecule has 6 heteroatoms. The van der Waals surface area contributed by atoms with Gasteiger partial charge in [-0.15, -0.1) is 0 Å². The van der Waals surface area contributed by atoms with Gasteiger partial charge in [0.25, 0.3) is 5.91 Å². The number of hydrazone groups is 1. The van der Waals surface area contributed by atoms with E-state index in [2.05, 4.69) is 29.4 Å². The third kappa shape index (κ3) is 5.05. The van der Waals surface area contributed by atoms with E-state index >= 15 is 0 Å². The summed E-state index contributed by atoms with van der Waals surface area (Å²) >= 11 is 6.15. The van der Waals surface area contributed by atoms with Crippen LogP contribution in [0.2, 0.25) is 5.15 Å². The van der Waals surface area contributed by atoms with Gasteiger partial charge in [-0.1, -0.05) is 55.8 Å². The number of hydrogen-bond donors (Lipinski definition) is 1. The number of para-hydroxylation sites is 1. The average molecular weight is 382 g/mol. The first kappa shape index (κ1) is 18.9. The molecule has 0 aliphatic heterocycles. The normalized spacial score (nSPS) is 11.3. The molecule has 0 radical (unpaired) electrons. The first-order chi connectivity index (χ1) is 13.0. The summed E-state index contributed by atoms with van der Waals surface area (Å²) in [5, 5.41) is 5.20. The maximum Gasteiger partial charge on any atom is 0.277 e. The number of aromatic nitrogens is 1. The summed E-state index contributed by atoms with van der Waals surface area (Å²) in [7, 11) is 0. The highest BCUT2D eigenvalue weighted by Crippen LogP contribution is 2.19. The molecule has 1 amide bonds. The number of benzene rings is 2. The maximum atomic E-state index is 11.9. The van der Waals surface area contributed by atoms with Crippen LogP contribution < -0.4 is 10.2 Å². The van der Waals surface area contributed by atoms with Crippen molar-refractivity contribution in [3.8, 4) is 5.75 Å². The van der Waals surface area contributed by atoms with Gasteiger partial charge in [0, 0.05) is 10.9 Å². The van der Waals surface area contributed by atoms with E-state index in [9.17, 15) is 4.79 Å². The Bertz CT molecular complexity index is 969. The van der Waals surface area contributed by atoms with Crippen molar-refractivity contribution >= 4 is 34.6 Å². The number of amides is 1. The van der Waals surface area contributed by atoms with Gasteiger partial charge in [0.05, 0.1) is 11.7 Å². The fourth-order valence-electron chi connectivity index (χ4n) is 2.50. The van der Waals surface area contributed by atoms with Gasteiger partial charge in [-0.05, 0) is 35.7 Å². The summed E-state index contributed by atoms with van der Waals surface area (Å²) in [4.78, 5) is 16.2. The van der Waals surface area contributed by atoms with Gasteiger partial charge >= 0.3 is 0 Å². The summed E-state index contributed by atoms with van der Waals surface area (Å²) in [5.41, 5.74) is 5.08. The van der Waals surface area contributed by atoms with Crippen LogP contribution in [0.25, 0.3) is 10.9 Å². The van der Waals surface area contributed by atoms with Crippen LogP contribution in [0, 0.1) is 0 Å². The van der Waals surface area contributed by atoms with Crippen molar-refractivity contribution in [2.45, 2.75) is 19.8 Å². The predicted molar refractivity (Wildman–Crippen MR) is 109 cm³/mol. The number of nitrogens with one attached hydrogen (secondary N) is 1. The van der Waals surface area contributed by atoms with Crippen molar-refractivity contribution in [2.75, 3.05) is 6.61 Å². The second kappa shape index (κ2) is 8.64. The summed E-state index contributed by atoms with van der Waals surface area (Å²) in [6.07, 6.45) is 1.47. The minimum Gasteiger partial charge on any atom is -0.484 e. The molecule has 2 aromatic carbocycles. The van der Waals surface area contributed by atoms with Gasteiger partial charge in [-0.2, -0.15) is 5.10 Å². The monoisotopic (exact) mass is 381 g/mol. The molecule has 0 aliphatic carbocycles. The maximum absolute atomic E-state index is 11.9. The number of carbonyl (C=O) groups is 1. The lowest BCUT2D eigenvalue weighted by atomic mass is 10.0. The van der Waals surface area contributed by atoms with Crippen molar-refractivity contribution in [1.82, 2.24) is 10.4 Å². The zero-order valence-electron chi connectivity index (χ0n) is 15.1. The van der Waals surface area contributed by atoms with Gasteiger partial charge in [0.15, 0.2) is 6.61 Å². The number of rotatable bonds is 6. The number of nitrogens with zero attached hydrogens (tertiary/aromatic N) is 2. The second-order valence-corrected chi connectivity index (χ2v) is 6.72. The number of ether oxygens (including phenoxy) is 1. The summed E-state index contributed by atoms with van der Waals surface area (Å²) < 4.78 is 5.46. The van der Waals surface area contributed by atoms with Crippen LogP contribution >= 0.6 is 11.6 Å². The van der Waals surface area contributed by atoms with Gasteiger partial charge in [-0.3, -0.25) is 4.79 Å². The molecule has 0 atom stereocenters. The Morgan fingerprint density at radius 3 is 2.70 bits per heavy atom. The number of hydrogen-bond acceptors (Lipinski definition) is 4. The molecule has 0 saturated heterocycles. The summed E-state index contributed by atoms with van der Waals surface area (Å²) in [6.45, 7) is 4.12. The minimum absolute atomic E-state index is 0.123. The first-order valence-corrected chi connectivity index (χ1v) is 9.00. The van der Waals surface area contributed by atoms with E-state index in [1.807, 2.05) is 54.6 Å². The van der Waals surface area contributed by atoms with Gasteiger partial charge in [-0.25, -0.2) is 10.4 Å². The van der Waals surface area contributed by atoms with Crippen molar-refractivity contribution in [3.63, 3.8) is 0 Å². The largest absolute Gasteiger partial charge is 0.484 e. The number of pyridine rings is 1. The molecular formula is C21H20ClN3O2. The smallest absolute Gasteiger partial charge is 0.277 e. The van der Waals surface area contributed by atoms with Crippen molar-refractivity contribution in [2.24, 2.45) is 5.10 Å². The molecule has 0 saturated carbocycles. The van der Waals surface area contributed by atoms with Gasteiger partial charge in [0.2, 0.25) is 0 Å². The molecule has 3 rings (SSSR count). The molecule has 0 unspecified atom stereocenters. The van der Waals surface area contributed by atoms with Crippen LogP contribution in [0.3, 0.4) is 0 Å². The fourth-order valence-corrected chi connectivity index (χ4v) is 2.70. The Balaban J connectivity index is 1.55. The molecule has 3 aromatic rings. The van der Waals surface area contributed by atoms with Gasteiger partial charge < -0.3 is 4.74 Å². The van der Waals surface area contributed by atoms with Crippen molar-refractivity contribution < 1.29 is 9.53 Å². The Hall–Kier alpha value is -2.92. The topological polar surface area (TPSA) is 63.6 Å². The summed E-state index contributed by atoms with van der Waals surface area (Å²) in [5.74, 6) is 0.734. The zero-order chi connectivity index (χ0) is 19.2. The van der Waals surface area contributed by atoms with Crippen LogP contribution in [0.4, 0.5) is 0 Å². The third-order valence-corrected chi connectivity index (χ3v) is 4.32. The van der Waals surface area contributed by atoms with E-state index < -0.39 is 0 Å². The zero-order valence-corrected chi connectivity index (χ0v) is 15.9.